The van der Waals surface area contributed by atoms with Crippen molar-refractivity contribution in [2.75, 3.05) is 39.3 Å². The van der Waals surface area contributed by atoms with Crippen LogP contribution in [0.15, 0.2) is 78.4 Å². The van der Waals surface area contributed by atoms with Crippen molar-refractivity contribution in [1.29, 1.82) is 0 Å². The molecule has 0 aliphatic carbocycles. The number of carbonyl (C=O) groups is 1. The van der Waals surface area contributed by atoms with Gasteiger partial charge >= 0.3 is 6.18 Å². The van der Waals surface area contributed by atoms with Crippen molar-refractivity contribution >= 4 is 35.0 Å². The number of alkyl halides is 3. The smallest absolute Gasteiger partial charge is 0.351 e. The number of aromatic amines is 1. The van der Waals surface area contributed by atoms with E-state index in [4.69, 9.17) is 0 Å². The second-order valence-corrected chi connectivity index (χ2v) is 10.9. The second kappa shape index (κ2) is 12.0. The first-order valence-electron chi connectivity index (χ1n) is 14.1. The lowest BCUT2D eigenvalue weighted by molar-refractivity contribution is -0.149. The average molecular weight is 572 g/mol. The van der Waals surface area contributed by atoms with Crippen molar-refractivity contribution in [1.82, 2.24) is 25.3 Å². The third kappa shape index (κ3) is 6.64. The molecule has 3 aromatic carbocycles. The summed E-state index contributed by atoms with van der Waals surface area (Å²) < 4.78 is 37.9. The lowest BCUT2D eigenvalue weighted by Gasteiger charge is -2.35. The highest BCUT2D eigenvalue weighted by atomic mass is 19.4. The molecular weight excluding hydrogens is 539 g/mol. The second-order valence-electron chi connectivity index (χ2n) is 10.9. The molecule has 0 spiro atoms. The number of halogens is 3. The van der Waals surface area contributed by atoms with Gasteiger partial charge in [-0.2, -0.15) is 18.3 Å². The Labute approximate surface area is 242 Å². The topological polar surface area (TPSA) is 64.3 Å². The number of nitrogens with one attached hydrogen (secondary N) is 2. The minimum atomic E-state index is -4.14. The summed E-state index contributed by atoms with van der Waals surface area (Å²) in [4.78, 5) is 16.2. The summed E-state index contributed by atoms with van der Waals surface area (Å²) in [6.07, 6.45) is 1.80. The van der Waals surface area contributed by atoms with Crippen LogP contribution in [-0.4, -0.2) is 71.3 Å². The van der Waals surface area contributed by atoms with Crippen LogP contribution in [0.25, 0.3) is 29.1 Å². The normalized spacial score (nSPS) is 19.7. The summed E-state index contributed by atoms with van der Waals surface area (Å²) in [5, 5.41) is 11.6. The van der Waals surface area contributed by atoms with Crippen LogP contribution in [0.5, 0.6) is 0 Å². The van der Waals surface area contributed by atoms with E-state index in [9.17, 15) is 18.0 Å². The van der Waals surface area contributed by atoms with E-state index in [-0.39, 0.29) is 11.8 Å². The zero-order valence-electron chi connectivity index (χ0n) is 23.1. The molecule has 1 unspecified atom stereocenters. The van der Waals surface area contributed by atoms with Gasteiger partial charge in [0.2, 0.25) is 5.91 Å². The number of benzene rings is 3. The summed E-state index contributed by atoms with van der Waals surface area (Å²) in [7, 11) is 0. The lowest BCUT2D eigenvalue weighted by atomic mass is 9.92. The number of aromatic nitrogens is 2. The van der Waals surface area contributed by atoms with Gasteiger partial charge < -0.3 is 5.32 Å². The van der Waals surface area contributed by atoms with E-state index in [0.717, 1.165) is 51.0 Å². The van der Waals surface area contributed by atoms with Gasteiger partial charge in [0.15, 0.2) is 0 Å². The van der Waals surface area contributed by atoms with Crippen LogP contribution >= 0.6 is 0 Å². The Morgan fingerprint density at radius 3 is 2.33 bits per heavy atom. The fourth-order valence-corrected chi connectivity index (χ4v) is 5.70. The molecule has 6 nitrogen and oxygen atoms in total. The highest BCUT2D eigenvalue weighted by molar-refractivity contribution is 6.02. The van der Waals surface area contributed by atoms with Crippen molar-refractivity contribution in [3.8, 4) is 0 Å². The molecule has 2 fully saturated rings. The number of piperazine rings is 1. The predicted molar refractivity (Wildman–Crippen MR) is 159 cm³/mol. The molecule has 1 aromatic heterocycles. The molecule has 3 heterocycles. The number of amides is 1. The van der Waals surface area contributed by atoms with Gasteiger partial charge in [0.25, 0.3) is 0 Å². The van der Waals surface area contributed by atoms with E-state index in [1.54, 1.807) is 0 Å². The average Bonchev–Trinajstić information content (AvgIpc) is 3.56. The third-order valence-corrected chi connectivity index (χ3v) is 7.93. The minimum Gasteiger partial charge on any atom is -0.351 e. The summed E-state index contributed by atoms with van der Waals surface area (Å²) in [5.41, 5.74) is 6.70. The van der Waals surface area contributed by atoms with Crippen LogP contribution in [0.3, 0.4) is 0 Å². The predicted octanol–water partition coefficient (Wildman–Crippen LogP) is 5.71. The number of carbonyl (C=O) groups excluding carboxylic acids is 1. The quantitative estimate of drug-likeness (QED) is 0.279. The van der Waals surface area contributed by atoms with E-state index < -0.39 is 12.7 Å². The van der Waals surface area contributed by atoms with Gasteiger partial charge in [0, 0.05) is 56.1 Å². The van der Waals surface area contributed by atoms with E-state index in [2.05, 4.69) is 44.7 Å². The first-order chi connectivity index (χ1) is 20.3. The summed E-state index contributed by atoms with van der Waals surface area (Å²) in [6, 6.07) is 24.3. The largest absolute Gasteiger partial charge is 0.401 e. The van der Waals surface area contributed by atoms with Crippen molar-refractivity contribution in [3.63, 3.8) is 0 Å². The van der Waals surface area contributed by atoms with E-state index in [1.807, 2.05) is 66.8 Å². The highest BCUT2D eigenvalue weighted by Gasteiger charge is 2.32. The Morgan fingerprint density at radius 1 is 0.881 bits per heavy atom. The van der Waals surface area contributed by atoms with Crippen molar-refractivity contribution in [3.05, 3.63) is 106 Å². The molecule has 0 radical (unpaired) electrons. The zero-order valence-corrected chi connectivity index (χ0v) is 23.1. The summed E-state index contributed by atoms with van der Waals surface area (Å²) in [6.45, 7) is 2.60. The molecule has 2 aliphatic rings. The Kier molecular flexibility index (Phi) is 7.95. The van der Waals surface area contributed by atoms with Crippen molar-refractivity contribution in [2.24, 2.45) is 0 Å². The number of rotatable bonds is 7. The van der Waals surface area contributed by atoms with Crippen molar-refractivity contribution < 1.29 is 18.0 Å². The first kappa shape index (κ1) is 27.9. The molecule has 0 saturated carbocycles. The van der Waals surface area contributed by atoms with E-state index >= 15 is 0 Å². The molecule has 2 N–H and O–H groups in total. The summed E-state index contributed by atoms with van der Waals surface area (Å²) >= 11 is 0. The molecule has 2 saturated heterocycles. The van der Waals surface area contributed by atoms with Crippen LogP contribution in [0, 0.1) is 0 Å². The zero-order chi connectivity index (χ0) is 29.1. The Morgan fingerprint density at radius 2 is 1.60 bits per heavy atom. The van der Waals surface area contributed by atoms with Crippen molar-refractivity contribution in [2.45, 2.75) is 18.6 Å². The maximum absolute atomic E-state index is 12.6. The fourth-order valence-electron chi connectivity index (χ4n) is 5.70. The SMILES string of the molecule is O=C1NCC(c2ccccc2)/C1=C\c1ccc2c(/C=C/c3ccc(CN4CCN(CC(F)(F)F)CC4)cc3)n[nH]c2c1. The maximum Gasteiger partial charge on any atom is 0.401 e. The first-order valence-corrected chi connectivity index (χ1v) is 14.1. The fraction of sp³-hybridized carbons (Fsp3) is 0.273. The van der Waals surface area contributed by atoms with Crippen LogP contribution < -0.4 is 5.32 Å². The van der Waals surface area contributed by atoms with Crippen LogP contribution in [0.1, 0.15) is 33.9 Å². The Bertz CT molecular complexity index is 1600. The number of hydrogen-bond donors (Lipinski definition) is 2. The lowest BCUT2D eigenvalue weighted by Crippen LogP contribution is -2.48. The highest BCUT2D eigenvalue weighted by Crippen LogP contribution is 2.31. The van der Waals surface area contributed by atoms with Gasteiger partial charge in [0.1, 0.15) is 0 Å². The van der Waals surface area contributed by atoms with Gasteiger partial charge in [0.05, 0.1) is 17.8 Å². The molecule has 1 atom stereocenters. The number of hydrogen-bond acceptors (Lipinski definition) is 4. The van der Waals surface area contributed by atoms with Gasteiger partial charge in [-0.1, -0.05) is 66.7 Å². The molecule has 4 aromatic rings. The molecule has 0 bridgehead atoms. The van der Waals surface area contributed by atoms with Gasteiger partial charge in [-0.3, -0.25) is 19.7 Å². The molecule has 9 heteroatoms. The van der Waals surface area contributed by atoms with Crippen LogP contribution in [0.4, 0.5) is 13.2 Å². The van der Waals surface area contributed by atoms with Gasteiger partial charge in [-0.05, 0) is 46.5 Å². The van der Waals surface area contributed by atoms with Crippen LogP contribution in [-0.2, 0) is 11.3 Å². The number of H-pyrrole nitrogens is 1. The van der Waals surface area contributed by atoms with E-state index in [0.29, 0.717) is 32.7 Å². The molecule has 2 aliphatic heterocycles. The summed E-state index contributed by atoms with van der Waals surface area (Å²) in [5.74, 6) is -0.0127. The van der Waals surface area contributed by atoms with E-state index in [1.165, 1.54) is 4.90 Å². The maximum atomic E-state index is 12.6. The number of nitrogens with zero attached hydrogens (tertiary/aromatic N) is 3. The standard InChI is InChI=1S/C33H32F3N5O/c34-33(35,36)22-41-16-14-40(15-17-41)21-24-8-6-23(7-9-24)11-13-30-27-12-10-25(19-31(27)39-38-30)18-28-29(20-37-32(28)42)26-4-2-1-3-5-26/h1-13,18-19,29H,14-17,20-22H2,(H,37,42)(H,38,39)/b13-11+,28-18+. The third-order valence-electron chi connectivity index (χ3n) is 7.93. The monoisotopic (exact) mass is 571 g/mol. The molecule has 216 valence electrons. The molecule has 6 rings (SSSR count). The Hall–Kier alpha value is -4.21. The molecular formula is C33H32F3N5O. The Balaban J connectivity index is 1.09. The van der Waals surface area contributed by atoms with Crippen LogP contribution in [0.2, 0.25) is 0 Å². The van der Waals surface area contributed by atoms with Gasteiger partial charge in [-0.25, -0.2) is 0 Å². The number of fused-ring (bicyclic) bond motifs is 1. The minimum absolute atomic E-state index is 0.0227. The molecule has 1 amide bonds. The van der Waals surface area contributed by atoms with Gasteiger partial charge in [-0.15, -0.1) is 0 Å². The molecule has 42 heavy (non-hydrogen) atoms.